The smallest absolute Gasteiger partial charge is 0.0714 e. The molecule has 0 saturated heterocycles. The van der Waals surface area contributed by atoms with Gasteiger partial charge < -0.3 is 0 Å². The quantitative estimate of drug-likeness (QED) is 0.756. The van der Waals surface area contributed by atoms with E-state index in [1.807, 2.05) is 24.4 Å². The molecule has 0 aliphatic rings. The van der Waals surface area contributed by atoms with Crippen molar-refractivity contribution in [2.24, 2.45) is 0 Å². The lowest BCUT2D eigenvalue weighted by Gasteiger charge is -2.05. The van der Waals surface area contributed by atoms with E-state index in [4.69, 9.17) is 11.6 Å². The molecule has 1 aromatic heterocycles. The van der Waals surface area contributed by atoms with E-state index in [1.165, 1.54) is 5.56 Å². The zero-order valence-electron chi connectivity index (χ0n) is 7.72. The van der Waals surface area contributed by atoms with Crippen molar-refractivity contribution in [3.05, 3.63) is 39.5 Å². The van der Waals surface area contributed by atoms with Gasteiger partial charge in [-0.3, -0.25) is 4.98 Å². The number of hydrogen-bond acceptors (Lipinski definition) is 1. The first-order valence-electron chi connectivity index (χ1n) is 4.45. The van der Waals surface area contributed by atoms with Crippen molar-refractivity contribution in [3.8, 4) is 0 Å². The Bertz CT molecular complexity index is 482. The van der Waals surface area contributed by atoms with Gasteiger partial charge in [0.2, 0.25) is 0 Å². The van der Waals surface area contributed by atoms with Crippen LogP contribution < -0.4 is 0 Å². The lowest BCUT2D eigenvalue weighted by atomic mass is 10.1. The minimum Gasteiger partial charge on any atom is -0.256 e. The third-order valence-corrected chi connectivity index (χ3v) is 3.39. The van der Waals surface area contributed by atoms with Crippen LogP contribution in [-0.4, -0.2) is 4.98 Å². The van der Waals surface area contributed by atoms with Gasteiger partial charge in [-0.25, -0.2) is 0 Å². The molecule has 1 aromatic carbocycles. The van der Waals surface area contributed by atoms with Gasteiger partial charge in [0.15, 0.2) is 0 Å². The van der Waals surface area contributed by atoms with E-state index in [9.17, 15) is 0 Å². The second-order valence-electron chi connectivity index (χ2n) is 3.11. The van der Waals surface area contributed by atoms with E-state index in [0.717, 1.165) is 26.8 Å². The highest BCUT2D eigenvalue weighted by Gasteiger charge is 2.04. The summed E-state index contributed by atoms with van der Waals surface area (Å²) in [4.78, 5) is 4.37. The van der Waals surface area contributed by atoms with Crippen LogP contribution in [0.4, 0.5) is 0 Å². The summed E-state index contributed by atoms with van der Waals surface area (Å²) in [7, 11) is 0. The molecule has 0 saturated carbocycles. The fourth-order valence-electron chi connectivity index (χ4n) is 1.42. The van der Waals surface area contributed by atoms with Crippen molar-refractivity contribution in [2.75, 3.05) is 0 Å². The van der Waals surface area contributed by atoms with Crippen LogP contribution in [0.5, 0.6) is 0 Å². The van der Waals surface area contributed by atoms with Gasteiger partial charge in [-0.05, 0) is 46.1 Å². The van der Waals surface area contributed by atoms with Gasteiger partial charge in [0.05, 0.1) is 5.52 Å². The van der Waals surface area contributed by atoms with Crippen LogP contribution in [0.3, 0.4) is 0 Å². The van der Waals surface area contributed by atoms with Gasteiger partial charge in [-0.15, -0.1) is 0 Å². The molecule has 0 unspecified atom stereocenters. The van der Waals surface area contributed by atoms with Crippen LogP contribution >= 0.6 is 27.5 Å². The summed E-state index contributed by atoms with van der Waals surface area (Å²) in [6.45, 7) is 2.11. The number of hydrogen-bond donors (Lipinski definition) is 0. The molecule has 0 bridgehead atoms. The Balaban J connectivity index is 2.79. The molecule has 2 aromatic rings. The van der Waals surface area contributed by atoms with E-state index in [2.05, 4.69) is 27.8 Å². The fourth-order valence-corrected chi connectivity index (χ4v) is 2.29. The van der Waals surface area contributed by atoms with E-state index in [0.29, 0.717) is 0 Å². The number of fused-ring (bicyclic) bond motifs is 1. The molecule has 0 spiro atoms. The van der Waals surface area contributed by atoms with Gasteiger partial charge in [0.1, 0.15) is 0 Å². The summed E-state index contributed by atoms with van der Waals surface area (Å²) in [5.41, 5.74) is 2.18. The Hall–Kier alpha value is -0.600. The van der Waals surface area contributed by atoms with Gasteiger partial charge in [-0.1, -0.05) is 18.5 Å². The summed E-state index contributed by atoms with van der Waals surface area (Å²) >= 11 is 9.52. The predicted octanol–water partition coefficient (Wildman–Crippen LogP) is 4.21. The molecule has 2 rings (SSSR count). The SMILES string of the molecule is CCc1cnc2ccc(Cl)cc2c1Br. The highest BCUT2D eigenvalue weighted by Crippen LogP contribution is 2.28. The van der Waals surface area contributed by atoms with Crippen molar-refractivity contribution in [3.63, 3.8) is 0 Å². The number of rotatable bonds is 1. The molecule has 3 heteroatoms. The Morgan fingerprint density at radius 2 is 2.21 bits per heavy atom. The van der Waals surface area contributed by atoms with Crippen molar-refractivity contribution < 1.29 is 0 Å². The third-order valence-electron chi connectivity index (χ3n) is 2.22. The highest BCUT2D eigenvalue weighted by molar-refractivity contribution is 9.10. The minimum atomic E-state index is 0.744. The molecule has 0 amide bonds. The van der Waals surface area contributed by atoms with Gasteiger partial charge in [-0.2, -0.15) is 0 Å². The number of aromatic nitrogens is 1. The van der Waals surface area contributed by atoms with E-state index in [-0.39, 0.29) is 0 Å². The van der Waals surface area contributed by atoms with E-state index >= 15 is 0 Å². The Labute approximate surface area is 96.2 Å². The summed E-state index contributed by atoms with van der Waals surface area (Å²) in [6, 6.07) is 5.73. The average Bonchev–Trinajstić information content (AvgIpc) is 2.20. The highest BCUT2D eigenvalue weighted by atomic mass is 79.9. The molecule has 1 heterocycles. The zero-order chi connectivity index (χ0) is 10.1. The van der Waals surface area contributed by atoms with E-state index < -0.39 is 0 Å². The van der Waals surface area contributed by atoms with Crippen molar-refractivity contribution in [1.29, 1.82) is 0 Å². The monoisotopic (exact) mass is 269 g/mol. The fraction of sp³-hybridized carbons (Fsp3) is 0.182. The van der Waals surface area contributed by atoms with Crippen LogP contribution in [0.1, 0.15) is 12.5 Å². The normalized spacial score (nSPS) is 10.8. The molecule has 0 aliphatic heterocycles. The molecular weight excluding hydrogens is 261 g/mol. The Kier molecular flexibility index (Phi) is 2.75. The predicted molar refractivity (Wildman–Crippen MR) is 63.8 cm³/mol. The minimum absolute atomic E-state index is 0.744. The second kappa shape index (κ2) is 3.87. The van der Waals surface area contributed by atoms with Gasteiger partial charge in [0, 0.05) is 21.1 Å². The lowest BCUT2D eigenvalue weighted by molar-refractivity contribution is 1.11. The zero-order valence-corrected chi connectivity index (χ0v) is 10.1. The summed E-state index contributed by atoms with van der Waals surface area (Å²) in [6.07, 6.45) is 2.87. The van der Waals surface area contributed by atoms with Crippen molar-refractivity contribution in [2.45, 2.75) is 13.3 Å². The first-order valence-corrected chi connectivity index (χ1v) is 5.62. The molecule has 0 aliphatic carbocycles. The van der Waals surface area contributed by atoms with Gasteiger partial charge in [0.25, 0.3) is 0 Å². The summed E-state index contributed by atoms with van der Waals surface area (Å²) < 4.78 is 1.10. The number of aryl methyl sites for hydroxylation is 1. The number of halogens is 2. The molecule has 0 N–H and O–H groups in total. The Morgan fingerprint density at radius 3 is 2.93 bits per heavy atom. The maximum Gasteiger partial charge on any atom is 0.0714 e. The molecule has 0 radical (unpaired) electrons. The number of nitrogens with zero attached hydrogens (tertiary/aromatic N) is 1. The van der Waals surface area contributed by atoms with E-state index in [1.54, 1.807) is 0 Å². The van der Waals surface area contributed by atoms with Crippen LogP contribution in [0.15, 0.2) is 28.9 Å². The van der Waals surface area contributed by atoms with Crippen LogP contribution in [0, 0.1) is 0 Å². The molecule has 14 heavy (non-hydrogen) atoms. The second-order valence-corrected chi connectivity index (χ2v) is 4.34. The molecule has 72 valence electrons. The summed E-state index contributed by atoms with van der Waals surface area (Å²) in [5.74, 6) is 0. The van der Waals surface area contributed by atoms with Crippen LogP contribution in [0.2, 0.25) is 5.02 Å². The largest absolute Gasteiger partial charge is 0.256 e. The number of pyridine rings is 1. The summed E-state index contributed by atoms with van der Waals surface area (Å²) in [5, 5.41) is 1.82. The lowest BCUT2D eigenvalue weighted by Crippen LogP contribution is -1.87. The topological polar surface area (TPSA) is 12.9 Å². The van der Waals surface area contributed by atoms with Crippen LogP contribution in [-0.2, 0) is 6.42 Å². The van der Waals surface area contributed by atoms with Crippen molar-refractivity contribution >= 4 is 38.4 Å². The number of benzene rings is 1. The molecule has 1 nitrogen and oxygen atoms in total. The third kappa shape index (κ3) is 1.64. The maximum atomic E-state index is 5.94. The first kappa shape index (κ1) is 9.94. The maximum absolute atomic E-state index is 5.94. The van der Waals surface area contributed by atoms with Gasteiger partial charge >= 0.3 is 0 Å². The standard InChI is InChI=1S/C11H9BrClN/c1-2-7-6-14-10-4-3-8(13)5-9(10)11(7)12/h3-6H,2H2,1H3. The first-order chi connectivity index (χ1) is 6.72. The molecular formula is C11H9BrClN. The van der Waals surface area contributed by atoms with Crippen LogP contribution in [0.25, 0.3) is 10.9 Å². The van der Waals surface area contributed by atoms with Crippen molar-refractivity contribution in [1.82, 2.24) is 4.98 Å². The molecule has 0 fully saturated rings. The Morgan fingerprint density at radius 1 is 1.43 bits per heavy atom. The molecule has 0 atom stereocenters. The average molecular weight is 271 g/mol.